The zero-order valence-electron chi connectivity index (χ0n) is 13.7. The lowest BCUT2D eigenvalue weighted by molar-refractivity contribution is 0.161. The summed E-state index contributed by atoms with van der Waals surface area (Å²) in [5, 5.41) is 13.7. The second-order valence-electron chi connectivity index (χ2n) is 5.71. The van der Waals surface area contributed by atoms with E-state index in [-0.39, 0.29) is 30.6 Å². The Morgan fingerprint density at radius 1 is 1.12 bits per heavy atom. The lowest BCUT2D eigenvalue weighted by atomic mass is 9.98. The number of nitrogens with zero attached hydrogens (tertiary/aromatic N) is 1. The summed E-state index contributed by atoms with van der Waals surface area (Å²) in [5.41, 5.74) is 1.17. The van der Waals surface area contributed by atoms with E-state index in [4.69, 9.17) is 0 Å². The average molecular weight is 572 g/mol. The Morgan fingerprint density at radius 3 is 2.33 bits per heavy atom. The summed E-state index contributed by atoms with van der Waals surface area (Å²) < 4.78 is 2.56. The second-order valence-corrected chi connectivity index (χ2v) is 8.22. The number of phenols is 1. The van der Waals surface area contributed by atoms with Crippen molar-refractivity contribution in [1.29, 1.82) is 0 Å². The summed E-state index contributed by atoms with van der Waals surface area (Å²) in [6.07, 6.45) is 4.80. The SMILES string of the molecule is CCCCC[C@H](c1c(Br)cc(Br)c(O)c1Br)N1CCNCC1.Cl.Cl. The zero-order chi connectivity index (χ0) is 16.1. The standard InChI is InChI=1S/C16H23Br3N2O.2ClH/c1-2-3-4-5-13(21-8-6-20-7-9-21)14-11(17)10-12(18)16(22)15(14)19;;/h10,13,20,22H,2-9H2,1H3;2*1H/t13-;;/m1../s1. The highest BCUT2D eigenvalue weighted by Gasteiger charge is 2.27. The van der Waals surface area contributed by atoms with Crippen molar-refractivity contribution in [3.8, 4) is 5.75 Å². The maximum Gasteiger partial charge on any atom is 0.144 e. The van der Waals surface area contributed by atoms with Gasteiger partial charge in [-0.05, 0) is 44.3 Å². The van der Waals surface area contributed by atoms with E-state index in [2.05, 4.69) is 64.9 Å². The van der Waals surface area contributed by atoms with Gasteiger partial charge in [0.05, 0.1) is 8.95 Å². The van der Waals surface area contributed by atoms with Crippen LogP contribution in [0.25, 0.3) is 0 Å². The minimum absolute atomic E-state index is 0. The number of unbranched alkanes of at least 4 members (excludes halogenated alkanes) is 2. The number of hydrogen-bond donors (Lipinski definition) is 2. The molecule has 0 radical (unpaired) electrons. The van der Waals surface area contributed by atoms with Crippen LogP contribution in [0.3, 0.4) is 0 Å². The summed E-state index contributed by atoms with van der Waals surface area (Å²) in [6.45, 7) is 6.39. The number of hydrogen-bond acceptors (Lipinski definition) is 3. The van der Waals surface area contributed by atoms with Crippen LogP contribution in [0.15, 0.2) is 19.5 Å². The van der Waals surface area contributed by atoms with Crippen molar-refractivity contribution in [2.45, 2.75) is 38.6 Å². The van der Waals surface area contributed by atoms with Gasteiger partial charge in [-0.3, -0.25) is 4.90 Å². The van der Waals surface area contributed by atoms with Crippen molar-refractivity contribution in [3.63, 3.8) is 0 Å². The van der Waals surface area contributed by atoms with Crippen LogP contribution in [0, 0.1) is 0 Å². The van der Waals surface area contributed by atoms with Gasteiger partial charge in [-0.25, -0.2) is 0 Å². The van der Waals surface area contributed by atoms with Crippen LogP contribution < -0.4 is 5.32 Å². The van der Waals surface area contributed by atoms with Gasteiger partial charge in [-0.15, -0.1) is 24.8 Å². The molecule has 0 amide bonds. The lowest BCUT2D eigenvalue weighted by Crippen LogP contribution is -2.45. The van der Waals surface area contributed by atoms with Crippen molar-refractivity contribution in [2.75, 3.05) is 26.2 Å². The number of aromatic hydroxyl groups is 1. The largest absolute Gasteiger partial charge is 0.506 e. The van der Waals surface area contributed by atoms with Crippen LogP contribution in [0.1, 0.15) is 44.2 Å². The quantitative estimate of drug-likeness (QED) is 0.408. The highest BCUT2D eigenvalue weighted by molar-refractivity contribution is 9.11. The molecule has 1 saturated heterocycles. The first-order chi connectivity index (χ1) is 10.6. The molecule has 1 aliphatic rings. The first-order valence-corrected chi connectivity index (χ1v) is 10.2. The van der Waals surface area contributed by atoms with E-state index in [1.165, 1.54) is 24.8 Å². The van der Waals surface area contributed by atoms with Gasteiger partial charge in [0.2, 0.25) is 0 Å². The average Bonchev–Trinajstić information content (AvgIpc) is 2.52. The summed E-state index contributed by atoms with van der Waals surface area (Å²) in [6, 6.07) is 2.28. The third-order valence-corrected chi connectivity index (χ3v) is 6.25. The second kappa shape index (κ2) is 12.4. The van der Waals surface area contributed by atoms with Crippen LogP contribution >= 0.6 is 72.6 Å². The molecule has 0 bridgehead atoms. The van der Waals surface area contributed by atoms with E-state index in [1.54, 1.807) is 0 Å². The van der Waals surface area contributed by atoms with Gasteiger partial charge < -0.3 is 10.4 Å². The lowest BCUT2D eigenvalue weighted by Gasteiger charge is -2.36. The Balaban J connectivity index is 0.00000264. The number of piperazine rings is 1. The van der Waals surface area contributed by atoms with Gasteiger partial charge in [-0.2, -0.15) is 0 Å². The van der Waals surface area contributed by atoms with Crippen LogP contribution in [-0.4, -0.2) is 36.2 Å². The van der Waals surface area contributed by atoms with Crippen molar-refractivity contribution in [1.82, 2.24) is 10.2 Å². The Labute approximate surface area is 182 Å². The molecule has 24 heavy (non-hydrogen) atoms. The molecule has 2 N–H and O–H groups in total. The Morgan fingerprint density at radius 2 is 1.75 bits per heavy atom. The first kappa shape index (κ1) is 25.0. The van der Waals surface area contributed by atoms with Gasteiger partial charge >= 0.3 is 0 Å². The molecule has 1 fully saturated rings. The smallest absolute Gasteiger partial charge is 0.144 e. The normalized spacial score (nSPS) is 16.2. The number of benzene rings is 1. The van der Waals surface area contributed by atoms with Crippen LogP contribution in [0.5, 0.6) is 5.75 Å². The van der Waals surface area contributed by atoms with Crippen molar-refractivity contribution >= 4 is 72.6 Å². The molecule has 0 saturated carbocycles. The highest BCUT2D eigenvalue weighted by atomic mass is 79.9. The molecular formula is C16H25Br3Cl2N2O. The van der Waals surface area contributed by atoms with Gasteiger partial charge in [0.15, 0.2) is 0 Å². The Hall–Kier alpha value is 0.960. The third kappa shape index (κ3) is 6.29. The fourth-order valence-electron chi connectivity index (χ4n) is 2.99. The van der Waals surface area contributed by atoms with Crippen molar-refractivity contribution in [2.24, 2.45) is 0 Å². The molecule has 0 aliphatic carbocycles. The zero-order valence-corrected chi connectivity index (χ0v) is 20.0. The number of rotatable bonds is 6. The van der Waals surface area contributed by atoms with E-state index in [1.807, 2.05) is 6.07 Å². The predicted octanol–water partition coefficient (Wildman–Crippen LogP) is 6.05. The van der Waals surface area contributed by atoms with Gasteiger partial charge in [-0.1, -0.05) is 42.1 Å². The molecule has 8 heteroatoms. The van der Waals surface area contributed by atoms with E-state index >= 15 is 0 Å². The van der Waals surface area contributed by atoms with Gasteiger partial charge in [0, 0.05) is 42.3 Å². The molecule has 140 valence electrons. The molecule has 1 aromatic carbocycles. The topological polar surface area (TPSA) is 35.5 Å². The minimum Gasteiger partial charge on any atom is -0.506 e. The summed E-state index contributed by atoms with van der Waals surface area (Å²) in [5.74, 6) is 0.286. The minimum atomic E-state index is 0. The van der Waals surface area contributed by atoms with Crippen molar-refractivity contribution < 1.29 is 5.11 Å². The number of nitrogens with one attached hydrogen (secondary N) is 1. The molecule has 0 spiro atoms. The Bertz CT molecular complexity index is 515. The van der Waals surface area contributed by atoms with Gasteiger partial charge in [0.1, 0.15) is 5.75 Å². The number of halogens is 5. The van der Waals surface area contributed by atoms with Crippen LogP contribution in [0.2, 0.25) is 0 Å². The molecule has 1 atom stereocenters. The summed E-state index contributed by atoms with van der Waals surface area (Å²) in [7, 11) is 0. The van der Waals surface area contributed by atoms with E-state index in [0.29, 0.717) is 10.5 Å². The van der Waals surface area contributed by atoms with E-state index in [9.17, 15) is 5.11 Å². The molecule has 2 rings (SSSR count). The van der Waals surface area contributed by atoms with Crippen LogP contribution in [0.4, 0.5) is 0 Å². The number of phenolic OH excluding ortho intramolecular Hbond substituents is 1. The van der Waals surface area contributed by atoms with E-state index in [0.717, 1.165) is 41.5 Å². The maximum absolute atomic E-state index is 10.3. The summed E-state index contributed by atoms with van der Waals surface area (Å²) >= 11 is 10.7. The van der Waals surface area contributed by atoms with E-state index < -0.39 is 0 Å². The molecule has 1 heterocycles. The monoisotopic (exact) mass is 568 g/mol. The molecule has 1 aromatic rings. The first-order valence-electron chi connectivity index (χ1n) is 7.87. The predicted molar refractivity (Wildman–Crippen MR) is 117 cm³/mol. The molecule has 0 unspecified atom stereocenters. The maximum atomic E-state index is 10.3. The Kier molecular flexibility index (Phi) is 12.9. The van der Waals surface area contributed by atoms with Crippen LogP contribution in [-0.2, 0) is 0 Å². The molecule has 1 aliphatic heterocycles. The summed E-state index contributed by atoms with van der Waals surface area (Å²) in [4.78, 5) is 2.53. The van der Waals surface area contributed by atoms with Crippen molar-refractivity contribution in [3.05, 3.63) is 25.0 Å². The third-order valence-electron chi connectivity index (χ3n) is 4.19. The molecular weight excluding hydrogens is 547 g/mol. The van der Waals surface area contributed by atoms with Gasteiger partial charge in [0.25, 0.3) is 0 Å². The fraction of sp³-hybridized carbons (Fsp3) is 0.625. The molecule has 3 nitrogen and oxygen atoms in total. The molecule has 0 aromatic heterocycles. The fourth-order valence-corrected chi connectivity index (χ4v) is 5.64. The highest BCUT2D eigenvalue weighted by Crippen LogP contribution is 2.45.